The van der Waals surface area contributed by atoms with Crippen molar-refractivity contribution in [3.05, 3.63) is 105 Å². The number of amides is 1. The Kier molecular flexibility index (Phi) is 5.78. The first kappa shape index (κ1) is 19.7. The number of carbonyl (C=O) groups excluding carboxylic acids is 1. The van der Waals surface area contributed by atoms with E-state index in [0.29, 0.717) is 11.3 Å². The second-order valence-corrected chi connectivity index (χ2v) is 7.98. The maximum atomic E-state index is 12.9. The third-order valence-electron chi connectivity index (χ3n) is 4.83. The Balaban J connectivity index is 1.51. The van der Waals surface area contributed by atoms with Gasteiger partial charge >= 0.3 is 0 Å². The molecule has 3 aromatic heterocycles. The van der Waals surface area contributed by atoms with Crippen molar-refractivity contribution in [1.82, 2.24) is 9.55 Å². The number of benzene rings is 1. The minimum Gasteiger partial charge on any atom is -0.343 e. The molecular formula is C25H21N3OS. The summed E-state index contributed by atoms with van der Waals surface area (Å²) in [4.78, 5) is 18.4. The van der Waals surface area contributed by atoms with Crippen molar-refractivity contribution >= 4 is 22.9 Å². The molecule has 1 aromatic carbocycles. The fraction of sp³-hybridized carbons (Fsp3) is 0.120. The lowest BCUT2D eigenvalue weighted by Crippen LogP contribution is -2.13. The van der Waals surface area contributed by atoms with Crippen molar-refractivity contribution in [3.63, 3.8) is 0 Å². The van der Waals surface area contributed by atoms with Gasteiger partial charge in [-0.3, -0.25) is 4.79 Å². The number of aryl methyl sites for hydroxylation is 1. The average molecular weight is 412 g/mol. The predicted molar refractivity (Wildman–Crippen MR) is 122 cm³/mol. The second-order valence-electron chi connectivity index (χ2n) is 6.95. The monoisotopic (exact) mass is 411 g/mol. The molecule has 0 aliphatic carbocycles. The molecule has 0 fully saturated rings. The molecular weight excluding hydrogens is 390 g/mol. The summed E-state index contributed by atoms with van der Waals surface area (Å²) < 4.78 is 2.18. The van der Waals surface area contributed by atoms with E-state index in [0.717, 1.165) is 29.2 Å². The predicted octanol–water partition coefficient (Wildman–Crippen LogP) is 5.26. The number of pyridine rings is 1. The molecule has 0 spiro atoms. The highest BCUT2D eigenvalue weighted by Crippen LogP contribution is 2.21. The summed E-state index contributed by atoms with van der Waals surface area (Å²) in [5.41, 5.74) is 4.97. The Morgan fingerprint density at radius 2 is 1.97 bits per heavy atom. The van der Waals surface area contributed by atoms with E-state index in [-0.39, 0.29) is 5.91 Å². The van der Waals surface area contributed by atoms with E-state index < -0.39 is 0 Å². The number of anilines is 1. The molecule has 4 rings (SSSR count). The third-order valence-corrected chi connectivity index (χ3v) is 5.69. The van der Waals surface area contributed by atoms with Crippen LogP contribution < -0.4 is 5.32 Å². The van der Waals surface area contributed by atoms with Crippen LogP contribution in [0.4, 0.5) is 5.69 Å². The van der Waals surface area contributed by atoms with Crippen LogP contribution in [0.5, 0.6) is 0 Å². The molecule has 4 aromatic rings. The molecule has 1 amide bonds. The zero-order chi connectivity index (χ0) is 20.9. The van der Waals surface area contributed by atoms with Gasteiger partial charge in [0.1, 0.15) is 5.69 Å². The minimum atomic E-state index is -0.115. The SMILES string of the molecule is Cc1cc(C(=O)Nc2cccc(C#Cc3ccccn3)c2)c(C)n1Cc1cccs1. The summed E-state index contributed by atoms with van der Waals surface area (Å²) in [6.07, 6.45) is 1.72. The molecule has 1 N–H and O–H groups in total. The zero-order valence-corrected chi connectivity index (χ0v) is 17.7. The number of rotatable bonds is 4. The summed E-state index contributed by atoms with van der Waals surface area (Å²) in [6.45, 7) is 4.80. The number of aromatic nitrogens is 2. The van der Waals surface area contributed by atoms with Crippen LogP contribution in [-0.4, -0.2) is 15.5 Å². The number of nitrogens with zero attached hydrogens (tertiary/aromatic N) is 2. The van der Waals surface area contributed by atoms with Crippen molar-refractivity contribution in [1.29, 1.82) is 0 Å². The van der Waals surface area contributed by atoms with E-state index in [2.05, 4.69) is 38.2 Å². The van der Waals surface area contributed by atoms with Gasteiger partial charge in [-0.1, -0.05) is 24.1 Å². The Morgan fingerprint density at radius 3 is 2.73 bits per heavy atom. The first-order valence-corrected chi connectivity index (χ1v) is 10.5. The van der Waals surface area contributed by atoms with E-state index in [9.17, 15) is 4.79 Å². The Hall–Kier alpha value is -3.62. The fourth-order valence-electron chi connectivity index (χ4n) is 3.28. The molecule has 3 heterocycles. The number of hydrogen-bond acceptors (Lipinski definition) is 3. The highest BCUT2D eigenvalue weighted by Gasteiger charge is 2.16. The fourth-order valence-corrected chi connectivity index (χ4v) is 3.97. The lowest BCUT2D eigenvalue weighted by atomic mass is 10.1. The molecule has 30 heavy (non-hydrogen) atoms. The molecule has 0 atom stereocenters. The van der Waals surface area contributed by atoms with Crippen molar-refractivity contribution in [2.75, 3.05) is 5.32 Å². The van der Waals surface area contributed by atoms with Crippen LogP contribution in [-0.2, 0) is 6.54 Å². The van der Waals surface area contributed by atoms with Gasteiger partial charge in [0.15, 0.2) is 0 Å². The van der Waals surface area contributed by atoms with E-state index in [1.165, 1.54) is 4.88 Å². The molecule has 4 nitrogen and oxygen atoms in total. The van der Waals surface area contributed by atoms with Gasteiger partial charge < -0.3 is 9.88 Å². The van der Waals surface area contributed by atoms with Crippen LogP contribution >= 0.6 is 11.3 Å². The summed E-state index contributed by atoms with van der Waals surface area (Å²) in [5, 5.41) is 5.07. The molecule has 0 radical (unpaired) electrons. The van der Waals surface area contributed by atoms with Gasteiger partial charge in [0.05, 0.1) is 12.1 Å². The zero-order valence-electron chi connectivity index (χ0n) is 16.8. The van der Waals surface area contributed by atoms with E-state index in [4.69, 9.17) is 0 Å². The van der Waals surface area contributed by atoms with Crippen LogP contribution in [0.2, 0.25) is 0 Å². The first-order valence-electron chi connectivity index (χ1n) is 9.64. The third kappa shape index (κ3) is 4.51. The van der Waals surface area contributed by atoms with E-state index in [1.54, 1.807) is 17.5 Å². The number of hydrogen-bond donors (Lipinski definition) is 1. The summed E-state index contributed by atoms with van der Waals surface area (Å²) in [6, 6.07) is 19.3. The van der Waals surface area contributed by atoms with Crippen LogP contribution in [0.25, 0.3) is 0 Å². The summed E-state index contributed by atoms with van der Waals surface area (Å²) in [7, 11) is 0. The lowest BCUT2D eigenvalue weighted by molar-refractivity contribution is 0.102. The first-order chi connectivity index (χ1) is 14.6. The highest BCUT2D eigenvalue weighted by atomic mass is 32.1. The van der Waals surface area contributed by atoms with Gasteiger partial charge in [0.25, 0.3) is 5.91 Å². The largest absolute Gasteiger partial charge is 0.343 e. The van der Waals surface area contributed by atoms with Crippen molar-refractivity contribution in [2.45, 2.75) is 20.4 Å². The van der Waals surface area contributed by atoms with Gasteiger partial charge in [-0.2, -0.15) is 0 Å². The Morgan fingerprint density at radius 1 is 1.07 bits per heavy atom. The average Bonchev–Trinajstić information content (AvgIpc) is 3.37. The maximum Gasteiger partial charge on any atom is 0.257 e. The summed E-state index contributed by atoms with van der Waals surface area (Å²) >= 11 is 1.72. The molecule has 0 bridgehead atoms. The van der Waals surface area contributed by atoms with Crippen molar-refractivity contribution in [3.8, 4) is 11.8 Å². The quantitative estimate of drug-likeness (QED) is 0.466. The van der Waals surface area contributed by atoms with Crippen LogP contribution in [0.3, 0.4) is 0 Å². The van der Waals surface area contributed by atoms with Gasteiger partial charge in [-0.25, -0.2) is 4.98 Å². The highest BCUT2D eigenvalue weighted by molar-refractivity contribution is 7.09. The van der Waals surface area contributed by atoms with Gasteiger partial charge in [-0.15, -0.1) is 11.3 Å². The van der Waals surface area contributed by atoms with Crippen LogP contribution in [0.15, 0.2) is 72.2 Å². The molecule has 0 saturated carbocycles. The Bertz CT molecular complexity index is 1230. The number of carbonyl (C=O) groups is 1. The molecule has 0 aliphatic heterocycles. The number of nitrogens with one attached hydrogen (secondary N) is 1. The van der Waals surface area contributed by atoms with Crippen LogP contribution in [0, 0.1) is 25.7 Å². The van der Waals surface area contributed by atoms with Crippen molar-refractivity contribution in [2.24, 2.45) is 0 Å². The smallest absolute Gasteiger partial charge is 0.257 e. The lowest BCUT2D eigenvalue weighted by Gasteiger charge is -2.09. The summed E-state index contributed by atoms with van der Waals surface area (Å²) in [5.74, 6) is 6.02. The van der Waals surface area contributed by atoms with Gasteiger partial charge in [0.2, 0.25) is 0 Å². The minimum absolute atomic E-state index is 0.115. The topological polar surface area (TPSA) is 46.9 Å². The van der Waals surface area contributed by atoms with Crippen molar-refractivity contribution < 1.29 is 4.79 Å². The molecule has 0 unspecified atom stereocenters. The van der Waals surface area contributed by atoms with E-state index in [1.807, 2.05) is 68.4 Å². The maximum absolute atomic E-state index is 12.9. The molecule has 148 valence electrons. The normalized spacial score (nSPS) is 10.3. The second kappa shape index (κ2) is 8.81. The van der Waals surface area contributed by atoms with E-state index >= 15 is 0 Å². The van der Waals surface area contributed by atoms with Crippen LogP contribution in [0.1, 0.15) is 37.9 Å². The standard InChI is InChI=1S/C25H21N3OS/c1-18-15-24(19(2)28(18)17-23-10-6-14-30-23)25(29)27-22-9-5-7-20(16-22)11-12-21-8-3-4-13-26-21/h3-10,13-16H,17H2,1-2H3,(H,27,29). The number of thiophene rings is 1. The molecule has 0 aliphatic rings. The Labute approximate surface area is 180 Å². The molecule has 5 heteroatoms. The van der Waals surface area contributed by atoms with Gasteiger partial charge in [-0.05, 0) is 67.6 Å². The molecule has 0 saturated heterocycles. The van der Waals surface area contributed by atoms with Gasteiger partial charge in [0, 0.05) is 33.7 Å².